The topological polar surface area (TPSA) is 108 Å². The van der Waals surface area contributed by atoms with E-state index in [9.17, 15) is 14.4 Å². The lowest BCUT2D eigenvalue weighted by Crippen LogP contribution is -2.47. The zero-order valence-electron chi connectivity index (χ0n) is 18.1. The van der Waals surface area contributed by atoms with E-state index in [1.807, 2.05) is 30.0 Å². The zero-order valence-corrected chi connectivity index (χ0v) is 18.1. The fraction of sp³-hybridized carbons (Fsp3) is 0.591. The number of carbonyl (C=O) groups is 3. The van der Waals surface area contributed by atoms with Gasteiger partial charge in [-0.3, -0.25) is 9.59 Å². The number of fused-ring (bicyclic) bond motifs is 1. The van der Waals surface area contributed by atoms with Crippen LogP contribution in [-0.4, -0.2) is 61.5 Å². The van der Waals surface area contributed by atoms with Gasteiger partial charge in [-0.2, -0.15) is 0 Å². The summed E-state index contributed by atoms with van der Waals surface area (Å²) in [5, 5.41) is 5.53. The third kappa shape index (κ3) is 5.23. The first-order valence-electron chi connectivity index (χ1n) is 10.7. The minimum Gasteiger partial charge on any atom is -0.374 e. The summed E-state index contributed by atoms with van der Waals surface area (Å²) in [5.74, 6) is 0.310. The van der Waals surface area contributed by atoms with Crippen LogP contribution in [0.1, 0.15) is 49.0 Å². The van der Waals surface area contributed by atoms with Crippen LogP contribution in [0.2, 0.25) is 0 Å². The van der Waals surface area contributed by atoms with Crippen molar-refractivity contribution in [2.45, 2.75) is 51.6 Å². The van der Waals surface area contributed by atoms with Gasteiger partial charge in [-0.1, -0.05) is 0 Å². The highest BCUT2D eigenvalue weighted by Gasteiger charge is 2.28. The molecule has 8 nitrogen and oxygen atoms in total. The van der Waals surface area contributed by atoms with Crippen LogP contribution >= 0.6 is 0 Å². The number of primary amides is 1. The number of likely N-dealkylation sites (tertiary alicyclic amines) is 1. The lowest BCUT2D eigenvalue weighted by molar-refractivity contribution is -0.122. The summed E-state index contributed by atoms with van der Waals surface area (Å²) in [6.07, 6.45) is 2.89. The number of urea groups is 1. The number of nitrogens with two attached hydrogens (primary N) is 1. The molecule has 2 aliphatic rings. The van der Waals surface area contributed by atoms with Crippen LogP contribution in [-0.2, 0) is 11.2 Å². The van der Waals surface area contributed by atoms with Crippen molar-refractivity contribution in [3.63, 3.8) is 0 Å². The van der Waals surface area contributed by atoms with Gasteiger partial charge in [0.25, 0.3) is 5.91 Å². The number of hydrogen-bond donors (Lipinski definition) is 3. The van der Waals surface area contributed by atoms with Crippen LogP contribution in [0.3, 0.4) is 0 Å². The van der Waals surface area contributed by atoms with Crippen molar-refractivity contribution >= 4 is 23.5 Å². The summed E-state index contributed by atoms with van der Waals surface area (Å²) in [6, 6.07) is 5.10. The monoisotopic (exact) mass is 415 g/mol. The lowest BCUT2D eigenvalue weighted by atomic mass is 9.90. The van der Waals surface area contributed by atoms with Gasteiger partial charge >= 0.3 is 6.03 Å². The molecule has 2 unspecified atom stereocenters. The second-order valence-electron chi connectivity index (χ2n) is 8.61. The van der Waals surface area contributed by atoms with Crippen molar-refractivity contribution in [2.24, 2.45) is 11.7 Å². The van der Waals surface area contributed by atoms with Gasteiger partial charge in [0.2, 0.25) is 5.91 Å². The molecule has 1 aromatic carbocycles. The molecule has 0 radical (unpaired) electrons. The van der Waals surface area contributed by atoms with Gasteiger partial charge in [0, 0.05) is 56.4 Å². The summed E-state index contributed by atoms with van der Waals surface area (Å²) in [4.78, 5) is 40.1. The predicted molar refractivity (Wildman–Crippen MR) is 116 cm³/mol. The third-order valence-electron chi connectivity index (χ3n) is 6.26. The largest absolute Gasteiger partial charge is 0.374 e. The smallest absolute Gasteiger partial charge is 0.312 e. The van der Waals surface area contributed by atoms with Crippen molar-refractivity contribution < 1.29 is 14.4 Å². The number of benzene rings is 1. The molecule has 0 saturated carbocycles. The van der Waals surface area contributed by atoms with E-state index in [2.05, 4.69) is 22.6 Å². The normalized spacial score (nSPS) is 18.5. The lowest BCUT2D eigenvalue weighted by Gasteiger charge is -2.35. The molecule has 4 amide bonds. The number of hydrogen-bond acceptors (Lipinski definition) is 4. The van der Waals surface area contributed by atoms with Gasteiger partial charge in [0.05, 0.1) is 0 Å². The fourth-order valence-corrected chi connectivity index (χ4v) is 4.49. The van der Waals surface area contributed by atoms with Gasteiger partial charge < -0.3 is 26.2 Å². The Hall–Kier alpha value is -2.77. The maximum atomic E-state index is 12.9. The van der Waals surface area contributed by atoms with E-state index in [1.54, 1.807) is 6.92 Å². The summed E-state index contributed by atoms with van der Waals surface area (Å²) >= 11 is 0. The Balaban J connectivity index is 1.48. The van der Waals surface area contributed by atoms with Crippen LogP contribution in [0.4, 0.5) is 10.5 Å². The molecule has 2 heterocycles. The number of piperidine rings is 1. The van der Waals surface area contributed by atoms with Crippen LogP contribution in [0.25, 0.3) is 0 Å². The van der Waals surface area contributed by atoms with Crippen LogP contribution in [0.5, 0.6) is 0 Å². The van der Waals surface area contributed by atoms with E-state index in [0.29, 0.717) is 19.0 Å². The van der Waals surface area contributed by atoms with Gasteiger partial charge in [-0.25, -0.2) is 4.79 Å². The second-order valence-corrected chi connectivity index (χ2v) is 8.61. The maximum absolute atomic E-state index is 12.9. The van der Waals surface area contributed by atoms with Crippen molar-refractivity contribution in [3.05, 3.63) is 29.3 Å². The molecule has 0 spiro atoms. The van der Waals surface area contributed by atoms with E-state index in [-0.39, 0.29) is 30.3 Å². The molecule has 3 rings (SSSR count). The SMILES string of the molecule is CC(CC(=O)NC(C)C1CCN(C(=O)c2ccc3c(c2)CCN3C)CC1)NC(N)=O. The quantitative estimate of drug-likeness (QED) is 0.654. The molecule has 30 heavy (non-hydrogen) atoms. The molecular formula is C22H33N5O3. The Kier molecular flexibility index (Phi) is 6.84. The maximum Gasteiger partial charge on any atom is 0.312 e. The van der Waals surface area contributed by atoms with Crippen molar-refractivity contribution in [1.82, 2.24) is 15.5 Å². The molecule has 1 fully saturated rings. The predicted octanol–water partition coefficient (Wildman–Crippen LogP) is 1.48. The Labute approximate surface area is 178 Å². The van der Waals surface area contributed by atoms with Gasteiger partial charge in [0.1, 0.15) is 0 Å². The molecule has 0 bridgehead atoms. The Morgan fingerprint density at radius 2 is 1.83 bits per heavy atom. The van der Waals surface area contributed by atoms with E-state index >= 15 is 0 Å². The molecule has 1 saturated heterocycles. The minimum atomic E-state index is -0.629. The van der Waals surface area contributed by atoms with Crippen molar-refractivity contribution in [1.29, 1.82) is 0 Å². The molecule has 8 heteroatoms. The zero-order chi connectivity index (χ0) is 21.8. The number of rotatable bonds is 6. The van der Waals surface area contributed by atoms with Gasteiger partial charge in [-0.15, -0.1) is 0 Å². The van der Waals surface area contributed by atoms with Gasteiger partial charge in [-0.05, 0) is 62.8 Å². The summed E-state index contributed by atoms with van der Waals surface area (Å²) < 4.78 is 0. The second kappa shape index (κ2) is 9.36. The number of carbonyl (C=O) groups excluding carboxylic acids is 3. The molecular weight excluding hydrogens is 382 g/mol. The molecule has 164 valence electrons. The van der Waals surface area contributed by atoms with Crippen LogP contribution < -0.4 is 21.3 Å². The van der Waals surface area contributed by atoms with E-state index < -0.39 is 6.03 Å². The first kappa shape index (κ1) is 21.9. The van der Waals surface area contributed by atoms with E-state index in [0.717, 1.165) is 31.4 Å². The Bertz CT molecular complexity index is 804. The molecule has 0 aromatic heterocycles. The van der Waals surface area contributed by atoms with E-state index in [4.69, 9.17) is 5.73 Å². The minimum absolute atomic E-state index is 0.0195. The number of likely N-dealkylation sites (N-methyl/N-ethyl adjacent to an activating group) is 1. The highest BCUT2D eigenvalue weighted by molar-refractivity contribution is 5.95. The number of anilines is 1. The highest BCUT2D eigenvalue weighted by atomic mass is 16.2. The molecule has 1 aromatic rings. The summed E-state index contributed by atoms with van der Waals surface area (Å²) in [7, 11) is 2.08. The standard InChI is InChI=1S/C22H33N5O3/c1-14(24-22(23)30)12-20(28)25-15(2)16-7-10-27(11-8-16)21(29)18-4-5-19-17(13-18)6-9-26(19)3/h4-5,13-16H,6-12H2,1-3H3,(H,25,28)(H3,23,24,30). The molecule has 4 N–H and O–H groups in total. The fourth-order valence-electron chi connectivity index (χ4n) is 4.49. The first-order valence-corrected chi connectivity index (χ1v) is 10.7. The van der Waals surface area contributed by atoms with Crippen molar-refractivity contribution in [3.8, 4) is 0 Å². The molecule has 2 atom stereocenters. The molecule has 0 aliphatic carbocycles. The summed E-state index contributed by atoms with van der Waals surface area (Å²) in [5.41, 5.74) is 8.31. The Morgan fingerprint density at radius 3 is 2.50 bits per heavy atom. The highest BCUT2D eigenvalue weighted by Crippen LogP contribution is 2.28. The number of nitrogens with zero attached hydrogens (tertiary/aromatic N) is 2. The van der Waals surface area contributed by atoms with Crippen LogP contribution in [0.15, 0.2) is 18.2 Å². The third-order valence-corrected chi connectivity index (χ3v) is 6.26. The average molecular weight is 416 g/mol. The summed E-state index contributed by atoms with van der Waals surface area (Å²) in [6.45, 7) is 6.14. The van der Waals surface area contributed by atoms with Gasteiger partial charge in [0.15, 0.2) is 0 Å². The number of amides is 4. The number of nitrogens with one attached hydrogen (secondary N) is 2. The van der Waals surface area contributed by atoms with Crippen LogP contribution in [0, 0.1) is 5.92 Å². The van der Waals surface area contributed by atoms with E-state index in [1.165, 1.54) is 11.3 Å². The first-order chi connectivity index (χ1) is 14.2. The molecule has 2 aliphatic heterocycles. The van der Waals surface area contributed by atoms with Crippen molar-refractivity contribution in [2.75, 3.05) is 31.6 Å². The average Bonchev–Trinajstić information content (AvgIpc) is 3.07. The Morgan fingerprint density at radius 1 is 1.13 bits per heavy atom.